The Kier molecular flexibility index (Phi) is 4.79. The van der Waals surface area contributed by atoms with Crippen LogP contribution in [0.3, 0.4) is 0 Å². The van der Waals surface area contributed by atoms with E-state index in [0.29, 0.717) is 16.4 Å². The summed E-state index contributed by atoms with van der Waals surface area (Å²) in [4.78, 5) is 26.3. The smallest absolute Gasteiger partial charge is 0.248 e. The van der Waals surface area contributed by atoms with E-state index in [1.165, 1.54) is 17.4 Å². The topological polar surface area (TPSA) is 49.4 Å². The van der Waals surface area contributed by atoms with Gasteiger partial charge in [-0.2, -0.15) is 0 Å². The van der Waals surface area contributed by atoms with Crippen molar-refractivity contribution in [2.75, 3.05) is 16.8 Å². The van der Waals surface area contributed by atoms with Gasteiger partial charge in [0.25, 0.3) is 0 Å². The third-order valence-electron chi connectivity index (χ3n) is 3.51. The lowest BCUT2D eigenvalue weighted by atomic mass is 10.2. The van der Waals surface area contributed by atoms with E-state index >= 15 is 0 Å². The molecule has 6 heteroatoms. The molecule has 0 aliphatic carbocycles. The maximum atomic E-state index is 11.9. The number of benzene rings is 1. The number of amides is 2. The van der Waals surface area contributed by atoms with E-state index in [1.54, 1.807) is 29.2 Å². The minimum atomic E-state index is -0.209. The van der Waals surface area contributed by atoms with Crippen LogP contribution in [0.4, 0.5) is 11.4 Å². The molecule has 0 unspecified atom stereocenters. The monoisotopic (exact) mass is 346 g/mol. The molecule has 1 aliphatic rings. The highest BCUT2D eigenvalue weighted by Crippen LogP contribution is 2.24. The Hall–Kier alpha value is -2.11. The Morgan fingerprint density at radius 3 is 2.61 bits per heavy atom. The van der Waals surface area contributed by atoms with E-state index in [0.717, 1.165) is 23.5 Å². The van der Waals surface area contributed by atoms with Crippen LogP contribution >= 0.6 is 22.9 Å². The molecule has 118 valence electrons. The van der Waals surface area contributed by atoms with Crippen molar-refractivity contribution in [3.05, 3.63) is 51.7 Å². The second-order valence-corrected chi connectivity index (χ2v) is 6.91. The largest absolute Gasteiger partial charge is 0.323 e. The lowest BCUT2D eigenvalue weighted by Crippen LogP contribution is -2.23. The van der Waals surface area contributed by atoms with Crippen LogP contribution in [0.25, 0.3) is 6.08 Å². The van der Waals surface area contributed by atoms with Gasteiger partial charge in [-0.1, -0.05) is 11.6 Å². The molecule has 0 bridgehead atoms. The number of nitrogens with zero attached hydrogens (tertiary/aromatic N) is 1. The molecule has 0 saturated carbocycles. The maximum Gasteiger partial charge on any atom is 0.248 e. The average Bonchev–Trinajstić information content (AvgIpc) is 3.14. The highest BCUT2D eigenvalue weighted by atomic mass is 35.5. The number of carbonyl (C=O) groups is 2. The van der Waals surface area contributed by atoms with Crippen molar-refractivity contribution in [3.8, 4) is 0 Å². The normalized spacial score (nSPS) is 14.7. The van der Waals surface area contributed by atoms with Crippen molar-refractivity contribution >= 4 is 52.2 Å². The maximum absolute atomic E-state index is 11.9. The predicted octanol–water partition coefficient (Wildman–Crippen LogP) is 4.18. The van der Waals surface area contributed by atoms with E-state index in [4.69, 9.17) is 11.6 Å². The first-order valence-corrected chi connectivity index (χ1v) is 8.46. The molecule has 2 aromatic rings. The Labute approximate surface area is 143 Å². The van der Waals surface area contributed by atoms with E-state index in [1.807, 2.05) is 18.2 Å². The second-order valence-electron chi connectivity index (χ2n) is 5.16. The van der Waals surface area contributed by atoms with Gasteiger partial charge in [0.15, 0.2) is 0 Å². The fourth-order valence-electron chi connectivity index (χ4n) is 2.41. The van der Waals surface area contributed by atoms with Crippen LogP contribution in [0.15, 0.2) is 42.5 Å². The van der Waals surface area contributed by atoms with Crippen molar-refractivity contribution in [1.29, 1.82) is 0 Å². The van der Waals surface area contributed by atoms with Crippen molar-refractivity contribution in [1.82, 2.24) is 0 Å². The van der Waals surface area contributed by atoms with Gasteiger partial charge in [0.2, 0.25) is 11.8 Å². The van der Waals surface area contributed by atoms with Crippen LogP contribution in [-0.2, 0) is 9.59 Å². The first-order chi connectivity index (χ1) is 11.1. The molecule has 1 aromatic heterocycles. The molecule has 3 rings (SSSR count). The average molecular weight is 347 g/mol. The minimum absolute atomic E-state index is 0.152. The molecule has 1 saturated heterocycles. The van der Waals surface area contributed by atoms with Gasteiger partial charge >= 0.3 is 0 Å². The SMILES string of the molecule is O=C(/C=C/c1ccc(Cl)s1)Nc1ccc(N2CCCC2=O)cc1. The van der Waals surface area contributed by atoms with Crippen molar-refractivity contribution in [2.24, 2.45) is 0 Å². The molecular weight excluding hydrogens is 332 g/mol. The summed E-state index contributed by atoms with van der Waals surface area (Å²) < 4.78 is 0.692. The highest BCUT2D eigenvalue weighted by Gasteiger charge is 2.21. The lowest BCUT2D eigenvalue weighted by molar-refractivity contribution is -0.117. The number of thiophene rings is 1. The van der Waals surface area contributed by atoms with Crippen LogP contribution in [0.5, 0.6) is 0 Å². The summed E-state index contributed by atoms with van der Waals surface area (Å²) in [6.45, 7) is 0.761. The summed E-state index contributed by atoms with van der Waals surface area (Å²) >= 11 is 7.25. The summed E-state index contributed by atoms with van der Waals surface area (Å²) in [6, 6.07) is 11.0. The Morgan fingerprint density at radius 1 is 1.22 bits per heavy atom. The third-order valence-corrected chi connectivity index (χ3v) is 4.71. The van der Waals surface area contributed by atoms with Crippen LogP contribution in [0.2, 0.25) is 4.34 Å². The number of hydrogen-bond acceptors (Lipinski definition) is 3. The molecule has 0 radical (unpaired) electrons. The van der Waals surface area contributed by atoms with Gasteiger partial charge in [0, 0.05) is 35.3 Å². The zero-order valence-electron chi connectivity index (χ0n) is 12.3. The van der Waals surface area contributed by atoms with Gasteiger partial charge in [-0.05, 0) is 48.9 Å². The van der Waals surface area contributed by atoms with Gasteiger partial charge in [-0.3, -0.25) is 9.59 Å². The Morgan fingerprint density at radius 2 is 2.00 bits per heavy atom. The van der Waals surface area contributed by atoms with Crippen LogP contribution in [0, 0.1) is 0 Å². The molecule has 1 aliphatic heterocycles. The van der Waals surface area contributed by atoms with Gasteiger partial charge in [0.1, 0.15) is 0 Å². The van der Waals surface area contributed by atoms with Crippen molar-refractivity contribution in [3.63, 3.8) is 0 Å². The predicted molar refractivity (Wildman–Crippen MR) is 95.0 cm³/mol. The zero-order chi connectivity index (χ0) is 16.2. The molecule has 1 aromatic carbocycles. The number of hydrogen-bond donors (Lipinski definition) is 1. The molecule has 23 heavy (non-hydrogen) atoms. The highest BCUT2D eigenvalue weighted by molar-refractivity contribution is 7.17. The standard InChI is InChI=1S/C17H15ClN2O2S/c18-15-9-7-14(23-15)8-10-16(21)19-12-3-5-13(6-4-12)20-11-1-2-17(20)22/h3-10H,1-2,11H2,(H,19,21)/b10-8+. The number of anilines is 2. The summed E-state index contributed by atoms with van der Waals surface area (Å²) in [5, 5.41) is 2.79. The van der Waals surface area contributed by atoms with Gasteiger partial charge in [-0.15, -0.1) is 11.3 Å². The third kappa shape index (κ3) is 4.00. The van der Waals surface area contributed by atoms with E-state index in [2.05, 4.69) is 5.32 Å². The fraction of sp³-hybridized carbons (Fsp3) is 0.176. The first kappa shape index (κ1) is 15.8. The van der Waals surface area contributed by atoms with Gasteiger partial charge < -0.3 is 10.2 Å². The van der Waals surface area contributed by atoms with E-state index < -0.39 is 0 Å². The Balaban J connectivity index is 1.60. The van der Waals surface area contributed by atoms with E-state index in [-0.39, 0.29) is 11.8 Å². The van der Waals surface area contributed by atoms with Crippen molar-refractivity contribution in [2.45, 2.75) is 12.8 Å². The fourth-order valence-corrected chi connectivity index (χ4v) is 3.37. The number of nitrogens with one attached hydrogen (secondary N) is 1. The van der Waals surface area contributed by atoms with Gasteiger partial charge in [0.05, 0.1) is 4.34 Å². The minimum Gasteiger partial charge on any atom is -0.323 e. The molecular formula is C17H15ClN2O2S. The molecule has 0 atom stereocenters. The molecule has 4 nitrogen and oxygen atoms in total. The van der Waals surface area contributed by atoms with Crippen molar-refractivity contribution < 1.29 is 9.59 Å². The summed E-state index contributed by atoms with van der Waals surface area (Å²) in [7, 11) is 0. The van der Waals surface area contributed by atoms with Crippen LogP contribution in [-0.4, -0.2) is 18.4 Å². The molecule has 0 spiro atoms. The van der Waals surface area contributed by atoms with Crippen LogP contribution < -0.4 is 10.2 Å². The van der Waals surface area contributed by atoms with Crippen LogP contribution in [0.1, 0.15) is 17.7 Å². The number of halogens is 1. The first-order valence-electron chi connectivity index (χ1n) is 7.27. The number of rotatable bonds is 4. The summed E-state index contributed by atoms with van der Waals surface area (Å²) in [5.41, 5.74) is 1.56. The lowest BCUT2D eigenvalue weighted by Gasteiger charge is -2.15. The second kappa shape index (κ2) is 6.98. The Bertz CT molecular complexity index is 752. The van der Waals surface area contributed by atoms with E-state index in [9.17, 15) is 9.59 Å². The summed E-state index contributed by atoms with van der Waals surface area (Å²) in [6.07, 6.45) is 4.70. The molecule has 2 heterocycles. The summed E-state index contributed by atoms with van der Waals surface area (Å²) in [5.74, 6) is -0.0566. The molecule has 1 N–H and O–H groups in total. The molecule has 2 amide bonds. The zero-order valence-corrected chi connectivity index (χ0v) is 13.9. The molecule has 1 fully saturated rings. The number of carbonyl (C=O) groups excluding carboxylic acids is 2. The van der Waals surface area contributed by atoms with Gasteiger partial charge in [-0.25, -0.2) is 0 Å². The quantitative estimate of drug-likeness (QED) is 0.844.